The summed E-state index contributed by atoms with van der Waals surface area (Å²) in [5.74, 6) is -0.950. The summed E-state index contributed by atoms with van der Waals surface area (Å²) >= 11 is 0. The van der Waals surface area contributed by atoms with Gasteiger partial charge in [0.2, 0.25) is 11.8 Å². The topological polar surface area (TPSA) is 49.4 Å². The molecule has 1 N–H and O–H groups in total. The first-order valence-electron chi connectivity index (χ1n) is 10.4. The van der Waals surface area contributed by atoms with E-state index in [1.807, 2.05) is 73.7 Å². The van der Waals surface area contributed by atoms with E-state index in [0.717, 1.165) is 23.2 Å². The number of para-hydroxylation sites is 1. The monoisotopic (exact) mass is 398 g/mol. The van der Waals surface area contributed by atoms with Gasteiger partial charge in [-0.1, -0.05) is 78.9 Å². The molecule has 3 aromatic rings. The average Bonchev–Trinajstić information content (AvgIpc) is 3.16. The highest BCUT2D eigenvalue weighted by Crippen LogP contribution is 2.30. The van der Waals surface area contributed by atoms with Crippen LogP contribution in [0.15, 0.2) is 84.9 Å². The maximum Gasteiger partial charge on any atom is 0.239 e. The van der Waals surface area contributed by atoms with E-state index in [1.54, 1.807) is 4.90 Å². The lowest BCUT2D eigenvalue weighted by atomic mass is 10.0. The molecule has 0 aliphatic carbocycles. The number of hydrogen-bond donors (Lipinski definition) is 1. The lowest BCUT2D eigenvalue weighted by Gasteiger charge is -2.21. The van der Waals surface area contributed by atoms with Crippen LogP contribution < -0.4 is 10.2 Å². The molecule has 3 aromatic carbocycles. The Hall–Kier alpha value is -3.40. The number of nitrogens with zero attached hydrogens (tertiary/aromatic N) is 1. The second-order valence-electron chi connectivity index (χ2n) is 7.76. The number of hydrogen-bond acceptors (Lipinski definition) is 2. The molecule has 1 fully saturated rings. The van der Waals surface area contributed by atoms with Gasteiger partial charge < -0.3 is 10.2 Å². The minimum Gasteiger partial charge on any atom is -0.349 e. The van der Waals surface area contributed by atoms with Gasteiger partial charge in [-0.3, -0.25) is 9.59 Å². The van der Waals surface area contributed by atoms with Crippen molar-refractivity contribution in [3.8, 4) is 0 Å². The van der Waals surface area contributed by atoms with Crippen LogP contribution in [0.1, 0.15) is 36.1 Å². The molecule has 1 aliphatic heterocycles. The Labute approximate surface area is 177 Å². The normalized spacial score (nSPS) is 17.0. The fraction of sp³-hybridized carbons (Fsp3) is 0.231. The predicted molar refractivity (Wildman–Crippen MR) is 119 cm³/mol. The van der Waals surface area contributed by atoms with Crippen molar-refractivity contribution in [1.29, 1.82) is 0 Å². The van der Waals surface area contributed by atoms with Crippen LogP contribution in [0.2, 0.25) is 0 Å². The van der Waals surface area contributed by atoms with Crippen LogP contribution in [0.4, 0.5) is 5.69 Å². The standard InChI is InChI=1S/C26H26N2O2/c1-19(21-12-6-3-7-13-21)27-25(29)23-16-17-28(26(23)30)24-15-9-8-14-22(24)18-20-10-4-2-5-11-20/h2-15,19,23H,16-18H2,1H3,(H,27,29)/t19-,23-/m1/s1. The number of nitrogens with one attached hydrogen (secondary N) is 1. The van der Waals surface area contributed by atoms with Gasteiger partial charge in [0.05, 0.1) is 6.04 Å². The molecule has 0 saturated carbocycles. The van der Waals surface area contributed by atoms with Gasteiger partial charge in [-0.25, -0.2) is 0 Å². The van der Waals surface area contributed by atoms with Gasteiger partial charge in [0.25, 0.3) is 0 Å². The van der Waals surface area contributed by atoms with E-state index in [0.29, 0.717) is 13.0 Å². The van der Waals surface area contributed by atoms with Crippen molar-refractivity contribution >= 4 is 17.5 Å². The zero-order valence-corrected chi connectivity index (χ0v) is 17.1. The Morgan fingerprint density at radius 1 is 0.967 bits per heavy atom. The number of benzene rings is 3. The number of carbonyl (C=O) groups is 2. The molecule has 0 unspecified atom stereocenters. The molecule has 0 radical (unpaired) electrons. The van der Waals surface area contributed by atoms with Gasteiger partial charge in [-0.2, -0.15) is 0 Å². The molecule has 2 atom stereocenters. The highest BCUT2D eigenvalue weighted by Gasteiger charge is 2.38. The van der Waals surface area contributed by atoms with E-state index in [9.17, 15) is 9.59 Å². The van der Waals surface area contributed by atoms with Crippen molar-refractivity contribution in [2.75, 3.05) is 11.4 Å². The first-order valence-corrected chi connectivity index (χ1v) is 10.4. The van der Waals surface area contributed by atoms with Gasteiger partial charge in [0.1, 0.15) is 5.92 Å². The summed E-state index contributed by atoms with van der Waals surface area (Å²) in [6, 6.07) is 27.9. The minimum absolute atomic E-state index is 0.117. The molecule has 2 amide bonds. The minimum atomic E-state index is -0.638. The zero-order chi connectivity index (χ0) is 20.9. The van der Waals surface area contributed by atoms with Gasteiger partial charge >= 0.3 is 0 Å². The first-order chi connectivity index (χ1) is 14.6. The Balaban J connectivity index is 1.48. The Morgan fingerprint density at radius 2 is 1.60 bits per heavy atom. The molecular formula is C26H26N2O2. The van der Waals surface area contributed by atoms with Crippen LogP contribution in [0, 0.1) is 5.92 Å². The molecule has 4 heteroatoms. The fourth-order valence-corrected chi connectivity index (χ4v) is 4.04. The summed E-state index contributed by atoms with van der Waals surface area (Å²) in [4.78, 5) is 27.7. The van der Waals surface area contributed by atoms with E-state index in [2.05, 4.69) is 23.5 Å². The highest BCUT2D eigenvalue weighted by molar-refractivity contribution is 6.10. The number of anilines is 1. The zero-order valence-electron chi connectivity index (χ0n) is 17.1. The van der Waals surface area contributed by atoms with E-state index in [1.165, 1.54) is 5.56 Å². The fourth-order valence-electron chi connectivity index (χ4n) is 4.04. The van der Waals surface area contributed by atoms with Crippen molar-refractivity contribution in [2.45, 2.75) is 25.8 Å². The summed E-state index contributed by atoms with van der Waals surface area (Å²) in [5, 5.41) is 3.01. The Bertz CT molecular complexity index is 1020. The van der Waals surface area contributed by atoms with Crippen molar-refractivity contribution in [2.24, 2.45) is 5.92 Å². The number of rotatable bonds is 6. The molecule has 4 nitrogen and oxygen atoms in total. The van der Waals surface area contributed by atoms with Gasteiger partial charge in [0.15, 0.2) is 0 Å². The third kappa shape index (κ3) is 4.28. The third-order valence-electron chi connectivity index (χ3n) is 5.70. The van der Waals surface area contributed by atoms with Crippen molar-refractivity contribution in [1.82, 2.24) is 5.32 Å². The summed E-state index contributed by atoms with van der Waals surface area (Å²) in [5.41, 5.74) is 4.22. The van der Waals surface area contributed by atoms with Gasteiger partial charge in [-0.15, -0.1) is 0 Å². The second kappa shape index (κ2) is 8.95. The SMILES string of the molecule is C[C@@H](NC(=O)[C@H]1CCN(c2ccccc2Cc2ccccc2)C1=O)c1ccccc1. The lowest BCUT2D eigenvalue weighted by Crippen LogP contribution is -2.38. The largest absolute Gasteiger partial charge is 0.349 e. The Morgan fingerprint density at radius 3 is 2.33 bits per heavy atom. The summed E-state index contributed by atoms with van der Waals surface area (Å²) in [6.45, 7) is 2.50. The summed E-state index contributed by atoms with van der Waals surface area (Å²) in [6.07, 6.45) is 1.29. The lowest BCUT2D eigenvalue weighted by molar-refractivity contribution is -0.132. The van der Waals surface area contributed by atoms with Crippen LogP contribution in [0.3, 0.4) is 0 Å². The summed E-state index contributed by atoms with van der Waals surface area (Å²) < 4.78 is 0. The number of carbonyl (C=O) groups excluding carboxylic acids is 2. The molecule has 0 bridgehead atoms. The van der Waals surface area contributed by atoms with E-state index in [-0.39, 0.29) is 17.9 Å². The first kappa shape index (κ1) is 19.9. The molecule has 1 saturated heterocycles. The average molecular weight is 399 g/mol. The van der Waals surface area contributed by atoms with Gasteiger partial charge in [-0.05, 0) is 42.5 Å². The molecule has 0 spiro atoms. The molecule has 1 heterocycles. The van der Waals surface area contributed by atoms with Crippen LogP contribution in [-0.4, -0.2) is 18.4 Å². The highest BCUT2D eigenvalue weighted by atomic mass is 16.2. The predicted octanol–water partition coefficient (Wildman–Crippen LogP) is 4.51. The van der Waals surface area contributed by atoms with Crippen molar-refractivity contribution in [3.63, 3.8) is 0 Å². The molecule has 30 heavy (non-hydrogen) atoms. The summed E-state index contributed by atoms with van der Waals surface area (Å²) in [7, 11) is 0. The maximum absolute atomic E-state index is 13.1. The van der Waals surface area contributed by atoms with Crippen molar-refractivity contribution < 1.29 is 9.59 Å². The molecule has 1 aliphatic rings. The number of amides is 2. The quantitative estimate of drug-likeness (QED) is 0.621. The smallest absolute Gasteiger partial charge is 0.239 e. The maximum atomic E-state index is 13.1. The van der Waals surface area contributed by atoms with Crippen LogP contribution in [-0.2, 0) is 16.0 Å². The van der Waals surface area contributed by atoms with E-state index < -0.39 is 5.92 Å². The Kier molecular flexibility index (Phi) is 5.94. The molecule has 4 rings (SSSR count). The van der Waals surface area contributed by atoms with Crippen LogP contribution in [0.25, 0.3) is 0 Å². The van der Waals surface area contributed by atoms with Gasteiger partial charge in [0, 0.05) is 12.2 Å². The van der Waals surface area contributed by atoms with E-state index in [4.69, 9.17) is 0 Å². The van der Waals surface area contributed by atoms with Crippen LogP contribution >= 0.6 is 0 Å². The van der Waals surface area contributed by atoms with Crippen molar-refractivity contribution in [3.05, 3.63) is 102 Å². The van der Waals surface area contributed by atoms with Crippen LogP contribution in [0.5, 0.6) is 0 Å². The molecular weight excluding hydrogens is 372 g/mol. The second-order valence-corrected chi connectivity index (χ2v) is 7.76. The van der Waals surface area contributed by atoms with E-state index >= 15 is 0 Å². The molecule has 152 valence electrons. The third-order valence-corrected chi connectivity index (χ3v) is 5.70. The molecule has 0 aromatic heterocycles.